The Labute approximate surface area is 135 Å². The maximum atomic E-state index is 6.09. The molecule has 112 valence electrons. The minimum atomic E-state index is -0.172. The van der Waals surface area contributed by atoms with E-state index in [2.05, 4.69) is 25.9 Å². The van der Waals surface area contributed by atoms with Gasteiger partial charge in [-0.25, -0.2) is 0 Å². The maximum absolute atomic E-state index is 6.09. The smallest absolute Gasteiger partial charge is 0.194 e. The van der Waals surface area contributed by atoms with E-state index in [1.807, 2.05) is 36.0 Å². The summed E-state index contributed by atoms with van der Waals surface area (Å²) in [5, 5.41) is 6.19. The van der Waals surface area contributed by atoms with E-state index in [4.69, 9.17) is 16.4 Å². The van der Waals surface area contributed by atoms with Crippen LogP contribution < -0.4 is 0 Å². The standard InChI is InChI=1S/C17H20ClNOS/c1-15(2)12-8-9-16(15,3)17(10-12)20-19-14(21-17)11-4-6-13(18)7-5-11/h4-7,12H,8-10H2,1-3H3/t12-,16-,17?/m1/s1. The molecule has 0 aromatic heterocycles. The minimum absolute atomic E-state index is 0.172. The van der Waals surface area contributed by atoms with Crippen LogP contribution in [0, 0.1) is 16.7 Å². The van der Waals surface area contributed by atoms with Crippen LogP contribution in [0.25, 0.3) is 0 Å². The molecule has 2 aliphatic carbocycles. The van der Waals surface area contributed by atoms with Crippen molar-refractivity contribution in [3.05, 3.63) is 34.9 Å². The zero-order valence-electron chi connectivity index (χ0n) is 12.6. The number of hydrogen-bond donors (Lipinski definition) is 0. The molecule has 21 heavy (non-hydrogen) atoms. The molecule has 0 N–H and O–H groups in total. The molecule has 1 unspecified atom stereocenters. The van der Waals surface area contributed by atoms with E-state index in [1.165, 1.54) is 12.8 Å². The molecule has 2 bridgehead atoms. The third-order valence-electron chi connectivity index (χ3n) is 6.42. The van der Waals surface area contributed by atoms with Crippen molar-refractivity contribution < 1.29 is 4.84 Å². The number of oxime groups is 1. The Morgan fingerprint density at radius 2 is 1.95 bits per heavy atom. The molecule has 0 amide bonds. The summed E-state index contributed by atoms with van der Waals surface area (Å²) in [5.74, 6) is 0.745. The van der Waals surface area contributed by atoms with Gasteiger partial charge in [0.25, 0.3) is 0 Å². The van der Waals surface area contributed by atoms with Gasteiger partial charge in [-0.3, -0.25) is 0 Å². The summed E-state index contributed by atoms with van der Waals surface area (Å²) in [5.41, 5.74) is 1.61. The highest BCUT2D eigenvalue weighted by molar-refractivity contribution is 8.15. The Hall–Kier alpha value is -0.670. The normalized spacial score (nSPS) is 39.6. The molecular weight excluding hydrogens is 302 g/mol. The Morgan fingerprint density at radius 1 is 1.24 bits per heavy atom. The lowest BCUT2D eigenvalue weighted by molar-refractivity contribution is -0.0659. The lowest BCUT2D eigenvalue weighted by Gasteiger charge is -2.43. The van der Waals surface area contributed by atoms with Crippen LogP contribution in [-0.2, 0) is 4.84 Å². The van der Waals surface area contributed by atoms with Crippen molar-refractivity contribution >= 4 is 28.4 Å². The lowest BCUT2D eigenvalue weighted by atomic mass is 9.69. The van der Waals surface area contributed by atoms with Gasteiger partial charge >= 0.3 is 0 Å². The van der Waals surface area contributed by atoms with E-state index < -0.39 is 0 Å². The Bertz CT molecular complexity index is 626. The van der Waals surface area contributed by atoms with Crippen molar-refractivity contribution in [3.63, 3.8) is 0 Å². The summed E-state index contributed by atoms with van der Waals surface area (Å²) in [4.78, 5) is 5.92. The monoisotopic (exact) mass is 321 g/mol. The number of fused-ring (bicyclic) bond motifs is 3. The first-order valence-electron chi connectivity index (χ1n) is 7.59. The molecule has 3 atom stereocenters. The summed E-state index contributed by atoms with van der Waals surface area (Å²) in [6, 6.07) is 7.88. The van der Waals surface area contributed by atoms with Gasteiger partial charge in [0, 0.05) is 22.4 Å². The van der Waals surface area contributed by atoms with Gasteiger partial charge in [0.1, 0.15) is 5.04 Å². The summed E-state index contributed by atoms with van der Waals surface area (Å²) in [7, 11) is 0. The molecule has 2 fully saturated rings. The molecule has 4 rings (SSSR count). The second-order valence-corrected chi connectivity index (χ2v) is 9.03. The number of rotatable bonds is 1. The van der Waals surface area contributed by atoms with Crippen LogP contribution in [0.3, 0.4) is 0 Å². The van der Waals surface area contributed by atoms with E-state index in [-0.39, 0.29) is 10.3 Å². The topological polar surface area (TPSA) is 21.6 Å². The van der Waals surface area contributed by atoms with Crippen LogP contribution in [0.15, 0.2) is 29.4 Å². The first kappa shape index (κ1) is 14.0. The SMILES string of the molecule is CC1(C)[C@@H]2CC[C@@]1(C)C1(C2)ON=C(c2ccc(Cl)cc2)S1. The summed E-state index contributed by atoms with van der Waals surface area (Å²) >= 11 is 7.80. The Morgan fingerprint density at radius 3 is 2.52 bits per heavy atom. The number of hydrogen-bond acceptors (Lipinski definition) is 3. The van der Waals surface area contributed by atoms with Crippen molar-refractivity contribution in [2.24, 2.45) is 21.9 Å². The van der Waals surface area contributed by atoms with Crippen LogP contribution in [0.4, 0.5) is 0 Å². The molecule has 2 nitrogen and oxygen atoms in total. The van der Waals surface area contributed by atoms with Crippen molar-refractivity contribution in [1.29, 1.82) is 0 Å². The zero-order valence-corrected chi connectivity index (χ0v) is 14.2. The van der Waals surface area contributed by atoms with Gasteiger partial charge in [-0.2, -0.15) is 0 Å². The fourth-order valence-corrected chi connectivity index (χ4v) is 6.21. The third-order valence-corrected chi connectivity index (χ3v) is 8.20. The molecule has 1 aliphatic heterocycles. The first-order chi connectivity index (χ1) is 9.88. The molecule has 4 heteroatoms. The summed E-state index contributed by atoms with van der Waals surface area (Å²) < 4.78 is 0. The van der Waals surface area contributed by atoms with Crippen molar-refractivity contribution in [3.8, 4) is 0 Å². The molecule has 0 saturated heterocycles. The fraction of sp³-hybridized carbons (Fsp3) is 0.588. The number of halogens is 1. The molecule has 2 saturated carbocycles. The van der Waals surface area contributed by atoms with Crippen molar-refractivity contribution in [2.75, 3.05) is 0 Å². The van der Waals surface area contributed by atoms with Crippen LogP contribution in [0.2, 0.25) is 5.02 Å². The summed E-state index contributed by atoms with van der Waals surface area (Å²) in [6.45, 7) is 7.21. The molecule has 1 aromatic rings. The van der Waals surface area contributed by atoms with Crippen LogP contribution >= 0.6 is 23.4 Å². The first-order valence-corrected chi connectivity index (χ1v) is 8.79. The van der Waals surface area contributed by atoms with Crippen LogP contribution in [-0.4, -0.2) is 9.98 Å². The van der Waals surface area contributed by atoms with Gasteiger partial charge in [0.2, 0.25) is 0 Å². The van der Waals surface area contributed by atoms with E-state index in [0.29, 0.717) is 5.41 Å². The van der Waals surface area contributed by atoms with Gasteiger partial charge in [-0.1, -0.05) is 61.4 Å². The molecule has 1 spiro atoms. The van der Waals surface area contributed by atoms with Gasteiger partial charge in [0.15, 0.2) is 4.93 Å². The van der Waals surface area contributed by atoms with E-state index in [1.54, 1.807) is 0 Å². The van der Waals surface area contributed by atoms with E-state index in [0.717, 1.165) is 28.0 Å². The molecule has 1 heterocycles. The van der Waals surface area contributed by atoms with Gasteiger partial charge in [0.05, 0.1) is 0 Å². The van der Waals surface area contributed by atoms with Crippen LogP contribution in [0.1, 0.15) is 45.6 Å². The van der Waals surface area contributed by atoms with Crippen LogP contribution in [0.5, 0.6) is 0 Å². The second kappa shape index (κ2) is 4.20. The highest BCUT2D eigenvalue weighted by atomic mass is 35.5. The highest BCUT2D eigenvalue weighted by Gasteiger charge is 2.72. The average Bonchev–Trinajstić information content (AvgIpc) is 3.01. The van der Waals surface area contributed by atoms with Crippen molar-refractivity contribution in [2.45, 2.75) is 45.0 Å². The van der Waals surface area contributed by atoms with Gasteiger partial charge in [-0.15, -0.1) is 0 Å². The predicted octanol–water partition coefficient (Wildman–Crippen LogP) is 5.31. The highest BCUT2D eigenvalue weighted by Crippen LogP contribution is 2.74. The summed E-state index contributed by atoms with van der Waals surface area (Å²) in [6.07, 6.45) is 3.67. The molecule has 0 radical (unpaired) electrons. The molecule has 1 aromatic carbocycles. The number of nitrogens with zero attached hydrogens (tertiary/aromatic N) is 1. The Balaban J connectivity index is 1.65. The Kier molecular flexibility index (Phi) is 2.79. The quantitative estimate of drug-likeness (QED) is 0.699. The number of benzene rings is 1. The third kappa shape index (κ3) is 1.65. The second-order valence-electron chi connectivity index (χ2n) is 7.34. The van der Waals surface area contributed by atoms with Gasteiger partial charge in [-0.05, 0) is 36.3 Å². The minimum Gasteiger partial charge on any atom is -0.376 e. The van der Waals surface area contributed by atoms with E-state index >= 15 is 0 Å². The zero-order chi connectivity index (χ0) is 14.9. The lowest BCUT2D eigenvalue weighted by Crippen LogP contribution is -2.44. The largest absolute Gasteiger partial charge is 0.376 e. The van der Waals surface area contributed by atoms with Crippen molar-refractivity contribution in [1.82, 2.24) is 0 Å². The number of thioether (sulfide) groups is 1. The fourth-order valence-electron chi connectivity index (χ4n) is 4.49. The molecular formula is C17H20ClNOS. The molecule has 3 aliphatic rings. The van der Waals surface area contributed by atoms with Gasteiger partial charge < -0.3 is 4.84 Å². The maximum Gasteiger partial charge on any atom is 0.194 e. The predicted molar refractivity (Wildman–Crippen MR) is 88.6 cm³/mol. The average molecular weight is 322 g/mol. The van der Waals surface area contributed by atoms with E-state index in [9.17, 15) is 0 Å².